The van der Waals surface area contributed by atoms with Gasteiger partial charge in [-0.25, -0.2) is 9.67 Å². The van der Waals surface area contributed by atoms with Crippen LogP contribution in [0.1, 0.15) is 28.5 Å². The highest BCUT2D eigenvalue weighted by atomic mass is 16.5. The zero-order valence-corrected chi connectivity index (χ0v) is 15.9. The number of benzene rings is 1. The van der Waals surface area contributed by atoms with Gasteiger partial charge in [0.25, 0.3) is 5.91 Å². The lowest BCUT2D eigenvalue weighted by Crippen LogP contribution is -2.31. The number of nitrogens with zero attached hydrogens (tertiary/aromatic N) is 4. The predicted octanol–water partition coefficient (Wildman–Crippen LogP) is 3.29. The Morgan fingerprint density at radius 2 is 1.96 bits per heavy atom. The number of amides is 1. The molecule has 2 aromatic heterocycles. The topological polar surface area (TPSA) is 60.3 Å². The van der Waals surface area contributed by atoms with E-state index < -0.39 is 0 Å². The number of aromatic nitrogens is 3. The van der Waals surface area contributed by atoms with Crippen molar-refractivity contribution in [3.05, 3.63) is 71.7 Å². The summed E-state index contributed by atoms with van der Waals surface area (Å²) in [7, 11) is 1.78. The van der Waals surface area contributed by atoms with E-state index in [9.17, 15) is 4.79 Å². The van der Waals surface area contributed by atoms with Crippen LogP contribution in [0.4, 0.5) is 0 Å². The lowest BCUT2D eigenvalue weighted by Gasteiger charge is -2.18. The maximum Gasteiger partial charge on any atom is 0.257 e. The number of hydrogen-bond acceptors (Lipinski definition) is 4. The fourth-order valence-electron chi connectivity index (χ4n) is 2.89. The number of para-hydroxylation sites is 1. The molecule has 0 saturated carbocycles. The number of pyridine rings is 1. The van der Waals surface area contributed by atoms with E-state index in [4.69, 9.17) is 4.74 Å². The number of carbonyl (C=O) groups is 1. The van der Waals surface area contributed by atoms with E-state index in [-0.39, 0.29) is 5.91 Å². The average Bonchev–Trinajstić information content (AvgIpc) is 3.13. The fourth-order valence-corrected chi connectivity index (χ4v) is 2.89. The quantitative estimate of drug-likeness (QED) is 0.645. The molecule has 27 heavy (non-hydrogen) atoms. The molecule has 1 aromatic carbocycles. The van der Waals surface area contributed by atoms with Gasteiger partial charge in [-0.2, -0.15) is 5.10 Å². The summed E-state index contributed by atoms with van der Waals surface area (Å²) in [5, 5.41) is 4.38. The summed E-state index contributed by atoms with van der Waals surface area (Å²) < 4.78 is 7.53. The summed E-state index contributed by atoms with van der Waals surface area (Å²) in [6, 6.07) is 13.5. The first-order valence-corrected chi connectivity index (χ1v) is 9.04. The molecule has 0 aliphatic rings. The van der Waals surface area contributed by atoms with Crippen molar-refractivity contribution in [1.82, 2.24) is 19.7 Å². The van der Waals surface area contributed by atoms with Crippen molar-refractivity contribution < 1.29 is 9.53 Å². The van der Waals surface area contributed by atoms with Crippen LogP contribution in [0.25, 0.3) is 5.82 Å². The first kappa shape index (κ1) is 18.6. The Morgan fingerprint density at radius 1 is 1.19 bits per heavy atom. The van der Waals surface area contributed by atoms with Crippen molar-refractivity contribution >= 4 is 5.91 Å². The van der Waals surface area contributed by atoms with Gasteiger partial charge in [0.1, 0.15) is 12.4 Å². The third-order valence-corrected chi connectivity index (χ3v) is 4.43. The Labute approximate surface area is 159 Å². The van der Waals surface area contributed by atoms with E-state index >= 15 is 0 Å². The first-order chi connectivity index (χ1) is 13.1. The first-order valence-electron chi connectivity index (χ1n) is 9.04. The van der Waals surface area contributed by atoms with Crippen molar-refractivity contribution in [2.75, 3.05) is 20.2 Å². The second kappa shape index (κ2) is 8.49. The van der Waals surface area contributed by atoms with Crippen LogP contribution in [0.5, 0.6) is 5.75 Å². The van der Waals surface area contributed by atoms with E-state index in [1.165, 1.54) is 0 Å². The maximum atomic E-state index is 12.9. The zero-order valence-electron chi connectivity index (χ0n) is 15.9. The van der Waals surface area contributed by atoms with E-state index in [1.54, 1.807) is 29.0 Å². The molecule has 0 saturated heterocycles. The molecule has 0 N–H and O–H groups in total. The van der Waals surface area contributed by atoms with Gasteiger partial charge in [-0.05, 0) is 37.1 Å². The Balaban J connectivity index is 1.68. The normalized spacial score (nSPS) is 10.6. The van der Waals surface area contributed by atoms with Crippen LogP contribution in [-0.4, -0.2) is 45.8 Å². The largest absolute Gasteiger partial charge is 0.491 e. The smallest absolute Gasteiger partial charge is 0.257 e. The highest BCUT2D eigenvalue weighted by Crippen LogP contribution is 2.17. The van der Waals surface area contributed by atoms with Crippen LogP contribution in [0.2, 0.25) is 0 Å². The molecule has 0 atom stereocenters. The molecular weight excluding hydrogens is 340 g/mol. The molecule has 1 amide bonds. The van der Waals surface area contributed by atoms with Gasteiger partial charge in [0.15, 0.2) is 5.82 Å². The molecule has 0 unspecified atom stereocenters. The molecule has 0 fully saturated rings. The number of ether oxygens (including phenoxy) is 1. The van der Waals surface area contributed by atoms with Crippen molar-refractivity contribution in [1.29, 1.82) is 0 Å². The van der Waals surface area contributed by atoms with E-state index in [2.05, 4.69) is 10.1 Å². The van der Waals surface area contributed by atoms with Gasteiger partial charge >= 0.3 is 0 Å². The summed E-state index contributed by atoms with van der Waals surface area (Å²) in [6.07, 6.45) is 4.02. The molecule has 140 valence electrons. The van der Waals surface area contributed by atoms with Crippen LogP contribution >= 0.6 is 0 Å². The predicted molar refractivity (Wildman–Crippen MR) is 104 cm³/mol. The third-order valence-electron chi connectivity index (χ3n) is 4.43. The van der Waals surface area contributed by atoms with Crippen LogP contribution in [0, 0.1) is 6.92 Å². The molecule has 2 heterocycles. The van der Waals surface area contributed by atoms with Crippen molar-refractivity contribution in [3.8, 4) is 11.6 Å². The van der Waals surface area contributed by atoms with Crippen LogP contribution in [0.3, 0.4) is 0 Å². The van der Waals surface area contributed by atoms with E-state index in [0.717, 1.165) is 17.0 Å². The molecule has 6 nitrogen and oxygen atoms in total. The van der Waals surface area contributed by atoms with Gasteiger partial charge in [0, 0.05) is 13.2 Å². The SMILES string of the molecule is CCc1c(C(=O)N(C)CCOc2ccccc2C)cnn1-c1ccccn1. The van der Waals surface area contributed by atoms with Crippen LogP contribution < -0.4 is 4.74 Å². The molecule has 0 aliphatic carbocycles. The summed E-state index contributed by atoms with van der Waals surface area (Å²) in [4.78, 5) is 18.9. The van der Waals surface area contributed by atoms with Crippen molar-refractivity contribution in [3.63, 3.8) is 0 Å². The molecule has 6 heteroatoms. The van der Waals surface area contributed by atoms with Gasteiger partial charge in [-0.1, -0.05) is 31.2 Å². The molecule has 0 bridgehead atoms. The monoisotopic (exact) mass is 364 g/mol. The maximum absolute atomic E-state index is 12.9. The van der Waals surface area contributed by atoms with Gasteiger partial charge in [0.2, 0.25) is 0 Å². The highest BCUT2D eigenvalue weighted by molar-refractivity contribution is 5.95. The van der Waals surface area contributed by atoms with Gasteiger partial charge in [-0.15, -0.1) is 0 Å². The molecular formula is C21H24N4O2. The van der Waals surface area contributed by atoms with Gasteiger partial charge < -0.3 is 9.64 Å². The van der Waals surface area contributed by atoms with Gasteiger partial charge in [-0.3, -0.25) is 4.79 Å². The number of aryl methyl sites for hydroxylation is 1. The molecule has 0 spiro atoms. The molecule has 0 aliphatic heterocycles. The lowest BCUT2D eigenvalue weighted by atomic mass is 10.2. The second-order valence-electron chi connectivity index (χ2n) is 6.30. The fraction of sp³-hybridized carbons (Fsp3) is 0.286. The van der Waals surface area contributed by atoms with E-state index in [0.29, 0.717) is 31.0 Å². The van der Waals surface area contributed by atoms with E-state index in [1.807, 2.05) is 56.3 Å². The van der Waals surface area contributed by atoms with Crippen molar-refractivity contribution in [2.24, 2.45) is 0 Å². The number of rotatable bonds is 7. The molecule has 3 aromatic rings. The minimum atomic E-state index is -0.0672. The zero-order chi connectivity index (χ0) is 19.2. The second-order valence-corrected chi connectivity index (χ2v) is 6.30. The van der Waals surface area contributed by atoms with Gasteiger partial charge in [0.05, 0.1) is 24.0 Å². The van der Waals surface area contributed by atoms with Crippen LogP contribution in [0.15, 0.2) is 54.9 Å². The lowest BCUT2D eigenvalue weighted by molar-refractivity contribution is 0.0772. The Kier molecular flexibility index (Phi) is 5.86. The minimum absolute atomic E-state index is 0.0672. The Bertz CT molecular complexity index is 906. The summed E-state index contributed by atoms with van der Waals surface area (Å²) in [5.74, 6) is 1.48. The summed E-state index contributed by atoms with van der Waals surface area (Å²) >= 11 is 0. The molecule has 0 radical (unpaired) electrons. The van der Waals surface area contributed by atoms with Crippen LogP contribution in [-0.2, 0) is 6.42 Å². The minimum Gasteiger partial charge on any atom is -0.491 e. The van der Waals surface area contributed by atoms with Crippen molar-refractivity contribution in [2.45, 2.75) is 20.3 Å². The summed E-state index contributed by atoms with van der Waals surface area (Å²) in [5.41, 5.74) is 2.53. The highest BCUT2D eigenvalue weighted by Gasteiger charge is 2.20. The average molecular weight is 364 g/mol. The number of carbonyl (C=O) groups excluding carboxylic acids is 1. The number of hydrogen-bond donors (Lipinski definition) is 0. The third kappa shape index (κ3) is 4.16. The standard InChI is InChI=1S/C21H24N4O2/c1-4-18-17(15-23-25(18)20-11-7-8-12-22-20)21(26)24(3)13-14-27-19-10-6-5-9-16(19)2/h5-12,15H,4,13-14H2,1-3H3. The Morgan fingerprint density at radius 3 is 2.67 bits per heavy atom. The number of likely N-dealkylation sites (N-methyl/N-ethyl adjacent to an activating group) is 1. The molecule has 3 rings (SSSR count). The summed E-state index contributed by atoms with van der Waals surface area (Å²) in [6.45, 7) is 4.94. The Hall–Kier alpha value is -3.15.